The first-order valence-electron chi connectivity index (χ1n) is 6.59. The summed E-state index contributed by atoms with van der Waals surface area (Å²) in [6.07, 6.45) is -4.07. The van der Waals surface area contributed by atoms with Gasteiger partial charge in [-0.25, -0.2) is 5.84 Å². The van der Waals surface area contributed by atoms with E-state index in [1.165, 1.54) is 4.90 Å². The van der Waals surface area contributed by atoms with Crippen molar-refractivity contribution in [2.24, 2.45) is 5.84 Å². The molecule has 0 aliphatic heterocycles. The Labute approximate surface area is 122 Å². The second-order valence-corrected chi connectivity index (χ2v) is 5.17. The highest BCUT2D eigenvalue weighted by Gasteiger charge is 2.31. The molecular formula is C14H20F3N3O. The molecule has 0 radical (unpaired) electrons. The average Bonchev–Trinajstić information content (AvgIpc) is 2.38. The summed E-state index contributed by atoms with van der Waals surface area (Å²) in [7, 11) is 0. The number of alkyl halides is 3. The largest absolute Gasteiger partial charge is 0.401 e. The molecule has 0 saturated heterocycles. The third kappa shape index (κ3) is 6.59. The highest BCUT2D eigenvalue weighted by molar-refractivity contribution is 5.77. The van der Waals surface area contributed by atoms with Crippen molar-refractivity contribution < 1.29 is 18.0 Å². The Morgan fingerprint density at radius 1 is 1.24 bits per heavy atom. The van der Waals surface area contributed by atoms with Crippen molar-refractivity contribution >= 4 is 5.91 Å². The van der Waals surface area contributed by atoms with Gasteiger partial charge in [-0.15, -0.1) is 0 Å². The van der Waals surface area contributed by atoms with E-state index in [9.17, 15) is 18.0 Å². The first-order valence-corrected chi connectivity index (χ1v) is 6.59. The Hall–Kier alpha value is -1.60. The minimum absolute atomic E-state index is 0.146. The van der Waals surface area contributed by atoms with Crippen LogP contribution in [0.2, 0.25) is 0 Å². The van der Waals surface area contributed by atoms with Crippen molar-refractivity contribution in [2.75, 3.05) is 6.54 Å². The molecule has 0 heterocycles. The second kappa shape index (κ2) is 7.42. The summed E-state index contributed by atoms with van der Waals surface area (Å²) in [6.45, 7) is 2.72. The van der Waals surface area contributed by atoms with E-state index in [1.54, 1.807) is 38.1 Å². The summed E-state index contributed by atoms with van der Waals surface area (Å²) >= 11 is 0. The first kappa shape index (κ1) is 17.5. The molecule has 0 bridgehead atoms. The maximum absolute atomic E-state index is 12.5. The lowest BCUT2D eigenvalue weighted by Crippen LogP contribution is -2.38. The lowest BCUT2D eigenvalue weighted by atomic mass is 10.1. The number of carbonyl (C=O) groups excluding carboxylic acids is 1. The first-order chi connectivity index (χ1) is 9.71. The molecule has 4 nitrogen and oxygen atoms in total. The molecule has 0 saturated carbocycles. The molecule has 21 heavy (non-hydrogen) atoms. The number of nitrogens with zero attached hydrogens (tertiary/aromatic N) is 1. The lowest BCUT2D eigenvalue weighted by molar-refractivity contribution is -0.150. The van der Waals surface area contributed by atoms with Gasteiger partial charge in [-0.1, -0.05) is 24.3 Å². The van der Waals surface area contributed by atoms with Gasteiger partial charge in [-0.3, -0.25) is 15.1 Å². The van der Waals surface area contributed by atoms with E-state index < -0.39 is 12.7 Å². The summed E-state index contributed by atoms with van der Waals surface area (Å²) in [5.74, 6) is 4.68. The van der Waals surface area contributed by atoms with Gasteiger partial charge in [0.25, 0.3) is 0 Å². The second-order valence-electron chi connectivity index (χ2n) is 5.17. The minimum atomic E-state index is -4.22. The zero-order valence-electron chi connectivity index (χ0n) is 12.1. The Morgan fingerprint density at radius 2 is 1.76 bits per heavy atom. The van der Waals surface area contributed by atoms with Gasteiger partial charge in [0.1, 0.15) is 0 Å². The standard InChI is InChI=1S/C14H20F3N3O/c1-10(2)20(9-14(15,16)17)8-12-5-3-11(4-6-12)7-13(21)19-18/h3-6,10H,7-9,18H2,1-2H3,(H,19,21). The third-order valence-electron chi connectivity index (χ3n) is 3.05. The molecule has 1 aromatic carbocycles. The van der Waals surface area contributed by atoms with Crippen LogP contribution in [0.25, 0.3) is 0 Å². The molecule has 1 amide bonds. The normalized spacial score (nSPS) is 12.0. The predicted octanol–water partition coefficient (Wildman–Crippen LogP) is 1.99. The SMILES string of the molecule is CC(C)N(Cc1ccc(CC(=O)NN)cc1)CC(F)(F)F. The zero-order chi connectivity index (χ0) is 16.0. The van der Waals surface area contributed by atoms with Crippen molar-refractivity contribution in [3.8, 4) is 0 Å². The van der Waals surface area contributed by atoms with Gasteiger partial charge in [-0.2, -0.15) is 13.2 Å². The molecule has 7 heteroatoms. The van der Waals surface area contributed by atoms with Crippen LogP contribution in [-0.4, -0.2) is 29.6 Å². The Morgan fingerprint density at radius 3 is 2.19 bits per heavy atom. The van der Waals surface area contributed by atoms with E-state index in [2.05, 4.69) is 0 Å². The van der Waals surface area contributed by atoms with Crippen LogP contribution < -0.4 is 11.3 Å². The van der Waals surface area contributed by atoms with Gasteiger partial charge in [0, 0.05) is 12.6 Å². The number of hydrogen-bond donors (Lipinski definition) is 2. The van der Waals surface area contributed by atoms with Crippen LogP contribution >= 0.6 is 0 Å². The molecular weight excluding hydrogens is 283 g/mol. The topological polar surface area (TPSA) is 58.4 Å². The van der Waals surface area contributed by atoms with Gasteiger partial charge in [-0.05, 0) is 25.0 Å². The zero-order valence-corrected chi connectivity index (χ0v) is 12.1. The summed E-state index contributed by atoms with van der Waals surface area (Å²) in [6, 6.07) is 6.68. The maximum atomic E-state index is 12.5. The third-order valence-corrected chi connectivity index (χ3v) is 3.05. The van der Waals surface area contributed by atoms with E-state index in [0.29, 0.717) is 0 Å². The van der Waals surface area contributed by atoms with Crippen LogP contribution in [0.4, 0.5) is 13.2 Å². The Balaban J connectivity index is 2.70. The molecule has 3 N–H and O–H groups in total. The predicted molar refractivity (Wildman–Crippen MR) is 74.1 cm³/mol. The maximum Gasteiger partial charge on any atom is 0.401 e. The molecule has 0 aromatic heterocycles. The number of carbonyl (C=O) groups is 1. The number of nitrogens with one attached hydrogen (secondary N) is 1. The number of nitrogens with two attached hydrogens (primary N) is 1. The van der Waals surface area contributed by atoms with Gasteiger partial charge >= 0.3 is 6.18 Å². The molecule has 0 aliphatic rings. The van der Waals surface area contributed by atoms with Crippen LogP contribution in [0.1, 0.15) is 25.0 Å². The highest BCUT2D eigenvalue weighted by atomic mass is 19.4. The van der Waals surface area contributed by atoms with Crippen molar-refractivity contribution in [1.82, 2.24) is 10.3 Å². The van der Waals surface area contributed by atoms with E-state index >= 15 is 0 Å². The van der Waals surface area contributed by atoms with E-state index in [1.807, 2.05) is 5.43 Å². The van der Waals surface area contributed by atoms with Gasteiger partial charge in [0.05, 0.1) is 13.0 Å². The van der Waals surface area contributed by atoms with Crippen LogP contribution in [0.15, 0.2) is 24.3 Å². The van der Waals surface area contributed by atoms with E-state index in [0.717, 1.165) is 11.1 Å². The molecule has 1 rings (SSSR count). The Kier molecular flexibility index (Phi) is 6.17. The molecule has 0 atom stereocenters. The van der Waals surface area contributed by atoms with Crippen molar-refractivity contribution in [3.63, 3.8) is 0 Å². The minimum Gasteiger partial charge on any atom is -0.294 e. The van der Waals surface area contributed by atoms with Gasteiger partial charge in [0.2, 0.25) is 5.91 Å². The number of rotatable bonds is 6. The lowest BCUT2D eigenvalue weighted by Gasteiger charge is -2.27. The number of amides is 1. The van der Waals surface area contributed by atoms with Crippen molar-refractivity contribution in [3.05, 3.63) is 35.4 Å². The smallest absolute Gasteiger partial charge is 0.294 e. The van der Waals surface area contributed by atoms with Gasteiger partial charge < -0.3 is 0 Å². The number of hydrogen-bond acceptors (Lipinski definition) is 3. The summed E-state index contributed by atoms with van der Waals surface area (Å²) in [5.41, 5.74) is 3.56. The van der Waals surface area contributed by atoms with Crippen LogP contribution in [-0.2, 0) is 17.8 Å². The molecule has 0 aliphatic carbocycles. The summed E-state index contributed by atoms with van der Waals surface area (Å²) < 4.78 is 37.6. The van der Waals surface area contributed by atoms with Crippen LogP contribution in [0.5, 0.6) is 0 Å². The van der Waals surface area contributed by atoms with E-state index in [-0.39, 0.29) is 24.9 Å². The monoisotopic (exact) mass is 303 g/mol. The highest BCUT2D eigenvalue weighted by Crippen LogP contribution is 2.20. The van der Waals surface area contributed by atoms with Crippen LogP contribution in [0, 0.1) is 0 Å². The Bertz CT molecular complexity index is 458. The quantitative estimate of drug-likeness (QED) is 0.480. The summed E-state index contributed by atoms with van der Waals surface area (Å²) in [4.78, 5) is 12.5. The number of halogens is 3. The fourth-order valence-corrected chi connectivity index (χ4v) is 1.88. The van der Waals surface area contributed by atoms with Crippen molar-refractivity contribution in [1.29, 1.82) is 0 Å². The fourth-order valence-electron chi connectivity index (χ4n) is 1.88. The average molecular weight is 303 g/mol. The molecule has 0 unspecified atom stereocenters. The van der Waals surface area contributed by atoms with Crippen molar-refractivity contribution in [2.45, 2.75) is 39.0 Å². The van der Waals surface area contributed by atoms with Crippen LogP contribution in [0.3, 0.4) is 0 Å². The molecule has 118 valence electrons. The molecule has 1 aromatic rings. The molecule has 0 fully saturated rings. The molecule has 0 spiro atoms. The number of hydrazine groups is 1. The van der Waals surface area contributed by atoms with Gasteiger partial charge in [0.15, 0.2) is 0 Å². The number of benzene rings is 1. The van der Waals surface area contributed by atoms with E-state index in [4.69, 9.17) is 5.84 Å². The fraction of sp³-hybridized carbons (Fsp3) is 0.500. The summed E-state index contributed by atoms with van der Waals surface area (Å²) in [5, 5.41) is 0.